The Kier molecular flexibility index (Phi) is 5.95. The van der Waals surface area contributed by atoms with E-state index in [4.69, 9.17) is 16.3 Å². The van der Waals surface area contributed by atoms with Crippen LogP contribution in [0.15, 0.2) is 65.1 Å². The van der Waals surface area contributed by atoms with E-state index in [0.717, 1.165) is 27.2 Å². The van der Waals surface area contributed by atoms with Crippen LogP contribution in [0.3, 0.4) is 0 Å². The van der Waals surface area contributed by atoms with E-state index in [1.165, 1.54) is 0 Å². The van der Waals surface area contributed by atoms with Gasteiger partial charge >= 0.3 is 0 Å². The van der Waals surface area contributed by atoms with E-state index in [9.17, 15) is 4.79 Å². The summed E-state index contributed by atoms with van der Waals surface area (Å²) >= 11 is 9.41. The van der Waals surface area contributed by atoms with Crippen LogP contribution in [0.2, 0.25) is 5.02 Å². The lowest BCUT2D eigenvalue weighted by Crippen LogP contribution is -2.30. The number of fused-ring (bicyclic) bond motifs is 1. The first-order valence-electron chi connectivity index (χ1n) is 7.94. The van der Waals surface area contributed by atoms with Crippen LogP contribution in [-0.4, -0.2) is 19.1 Å². The molecule has 0 saturated heterocycles. The molecule has 0 aromatic heterocycles. The Bertz CT molecular complexity index is 881. The molecular weight excluding hydrogens is 402 g/mol. The Hall–Kier alpha value is -2.04. The van der Waals surface area contributed by atoms with Gasteiger partial charge in [0.05, 0.1) is 4.47 Å². The molecule has 3 rings (SSSR count). The Morgan fingerprint density at radius 1 is 1.04 bits per heavy atom. The van der Waals surface area contributed by atoms with Gasteiger partial charge in [0, 0.05) is 11.6 Å². The molecule has 25 heavy (non-hydrogen) atoms. The highest BCUT2D eigenvalue weighted by Crippen LogP contribution is 2.32. The summed E-state index contributed by atoms with van der Waals surface area (Å²) < 4.78 is 6.51. The summed E-state index contributed by atoms with van der Waals surface area (Å²) in [4.78, 5) is 12.0. The van der Waals surface area contributed by atoms with Crippen molar-refractivity contribution >= 4 is 44.2 Å². The normalized spacial score (nSPS) is 10.6. The minimum Gasteiger partial charge on any atom is -0.483 e. The lowest BCUT2D eigenvalue weighted by molar-refractivity contribution is -0.123. The highest BCUT2D eigenvalue weighted by Gasteiger charge is 2.08. The fourth-order valence-electron chi connectivity index (χ4n) is 2.52. The standard InChI is InChI=1S/C20H17BrClNO2/c21-20-17-4-2-1-3-15(17)7-10-18(20)25-13-19(24)23-12-11-14-5-8-16(22)9-6-14/h1-10H,11-13H2,(H,23,24). The van der Waals surface area contributed by atoms with Crippen LogP contribution in [0, 0.1) is 0 Å². The molecule has 0 atom stereocenters. The third-order valence-corrected chi connectivity index (χ3v) is 4.91. The minimum atomic E-state index is -0.144. The topological polar surface area (TPSA) is 38.3 Å². The van der Waals surface area contributed by atoms with Gasteiger partial charge in [0.25, 0.3) is 5.91 Å². The van der Waals surface area contributed by atoms with Gasteiger partial charge in [-0.25, -0.2) is 0 Å². The molecule has 3 nitrogen and oxygen atoms in total. The molecule has 3 aromatic rings. The predicted octanol–water partition coefficient (Wildman–Crippen LogP) is 4.99. The average molecular weight is 419 g/mol. The number of rotatable bonds is 6. The number of benzene rings is 3. The summed E-state index contributed by atoms with van der Waals surface area (Å²) in [5, 5.41) is 5.75. The van der Waals surface area contributed by atoms with Crippen molar-refractivity contribution in [3.8, 4) is 5.75 Å². The van der Waals surface area contributed by atoms with Crippen molar-refractivity contribution in [2.75, 3.05) is 13.2 Å². The van der Waals surface area contributed by atoms with Crippen molar-refractivity contribution in [1.29, 1.82) is 0 Å². The number of nitrogens with one attached hydrogen (secondary N) is 1. The van der Waals surface area contributed by atoms with Gasteiger partial charge < -0.3 is 10.1 Å². The van der Waals surface area contributed by atoms with E-state index in [0.29, 0.717) is 17.3 Å². The zero-order chi connectivity index (χ0) is 17.6. The highest BCUT2D eigenvalue weighted by molar-refractivity contribution is 9.10. The van der Waals surface area contributed by atoms with Crippen molar-refractivity contribution in [1.82, 2.24) is 5.32 Å². The molecular formula is C20H17BrClNO2. The summed E-state index contributed by atoms with van der Waals surface area (Å²) in [5.74, 6) is 0.514. The van der Waals surface area contributed by atoms with Crippen LogP contribution in [0.5, 0.6) is 5.75 Å². The van der Waals surface area contributed by atoms with Gasteiger partial charge in [0.1, 0.15) is 5.75 Å². The van der Waals surface area contributed by atoms with E-state index >= 15 is 0 Å². The summed E-state index contributed by atoms with van der Waals surface area (Å²) in [6.45, 7) is 0.542. The third kappa shape index (κ3) is 4.74. The van der Waals surface area contributed by atoms with Crippen molar-refractivity contribution in [2.45, 2.75) is 6.42 Å². The zero-order valence-electron chi connectivity index (χ0n) is 13.5. The van der Waals surface area contributed by atoms with Crippen LogP contribution < -0.4 is 10.1 Å². The Balaban J connectivity index is 1.50. The Labute approximate surface area is 160 Å². The second-order valence-electron chi connectivity index (χ2n) is 5.61. The van der Waals surface area contributed by atoms with Crippen LogP contribution in [-0.2, 0) is 11.2 Å². The number of hydrogen-bond acceptors (Lipinski definition) is 2. The van der Waals surface area contributed by atoms with Gasteiger partial charge in [0.2, 0.25) is 0 Å². The number of halogens is 2. The lowest BCUT2D eigenvalue weighted by atomic mass is 10.1. The quantitative estimate of drug-likeness (QED) is 0.612. The molecule has 0 radical (unpaired) electrons. The first-order valence-corrected chi connectivity index (χ1v) is 9.12. The fraction of sp³-hybridized carbons (Fsp3) is 0.150. The van der Waals surface area contributed by atoms with Crippen molar-refractivity contribution in [3.05, 3.63) is 75.7 Å². The van der Waals surface area contributed by atoms with Gasteiger partial charge in [-0.3, -0.25) is 4.79 Å². The van der Waals surface area contributed by atoms with Crippen molar-refractivity contribution < 1.29 is 9.53 Å². The molecule has 0 aliphatic heterocycles. The first kappa shape index (κ1) is 17.8. The molecule has 0 heterocycles. The van der Waals surface area contributed by atoms with Gasteiger partial charge in [-0.2, -0.15) is 0 Å². The highest BCUT2D eigenvalue weighted by atomic mass is 79.9. The largest absolute Gasteiger partial charge is 0.483 e. The SMILES string of the molecule is O=C(COc1ccc2ccccc2c1Br)NCCc1ccc(Cl)cc1. The van der Waals surface area contributed by atoms with Crippen LogP contribution in [0.4, 0.5) is 0 Å². The molecule has 5 heteroatoms. The van der Waals surface area contributed by atoms with E-state index in [1.807, 2.05) is 60.7 Å². The molecule has 0 aliphatic rings. The molecule has 0 saturated carbocycles. The van der Waals surface area contributed by atoms with Crippen molar-refractivity contribution in [2.24, 2.45) is 0 Å². The smallest absolute Gasteiger partial charge is 0.257 e. The van der Waals surface area contributed by atoms with Gasteiger partial charge in [-0.05, 0) is 56.9 Å². The fourth-order valence-corrected chi connectivity index (χ4v) is 3.25. The van der Waals surface area contributed by atoms with E-state index in [2.05, 4.69) is 21.2 Å². The maximum absolute atomic E-state index is 12.0. The average Bonchev–Trinajstić information content (AvgIpc) is 2.63. The zero-order valence-corrected chi connectivity index (χ0v) is 15.8. The third-order valence-electron chi connectivity index (χ3n) is 3.84. The Morgan fingerprint density at radius 2 is 1.80 bits per heavy atom. The molecule has 0 bridgehead atoms. The van der Waals surface area contributed by atoms with Crippen LogP contribution in [0.25, 0.3) is 10.8 Å². The summed E-state index contributed by atoms with van der Waals surface area (Å²) in [6, 6.07) is 19.5. The maximum atomic E-state index is 12.0. The molecule has 1 N–H and O–H groups in total. The summed E-state index contributed by atoms with van der Waals surface area (Å²) in [7, 11) is 0. The number of amides is 1. The number of ether oxygens (including phenoxy) is 1. The van der Waals surface area contributed by atoms with E-state index in [1.54, 1.807) is 0 Å². The molecule has 1 amide bonds. The molecule has 128 valence electrons. The molecule has 0 aliphatic carbocycles. The molecule has 0 fully saturated rings. The van der Waals surface area contributed by atoms with Crippen LogP contribution in [0.1, 0.15) is 5.56 Å². The van der Waals surface area contributed by atoms with E-state index in [-0.39, 0.29) is 12.5 Å². The van der Waals surface area contributed by atoms with Crippen LogP contribution >= 0.6 is 27.5 Å². The number of carbonyl (C=O) groups is 1. The summed E-state index contributed by atoms with van der Waals surface area (Å²) in [5.41, 5.74) is 1.13. The minimum absolute atomic E-state index is 0.0163. The van der Waals surface area contributed by atoms with Crippen molar-refractivity contribution in [3.63, 3.8) is 0 Å². The molecule has 3 aromatic carbocycles. The second-order valence-corrected chi connectivity index (χ2v) is 6.84. The number of hydrogen-bond donors (Lipinski definition) is 1. The molecule has 0 unspecified atom stereocenters. The van der Waals surface area contributed by atoms with Gasteiger partial charge in [0.15, 0.2) is 6.61 Å². The van der Waals surface area contributed by atoms with E-state index < -0.39 is 0 Å². The number of carbonyl (C=O) groups excluding carboxylic acids is 1. The monoisotopic (exact) mass is 417 g/mol. The first-order chi connectivity index (χ1) is 12.1. The predicted molar refractivity (Wildman–Crippen MR) is 105 cm³/mol. The maximum Gasteiger partial charge on any atom is 0.257 e. The van der Waals surface area contributed by atoms with Gasteiger partial charge in [-0.15, -0.1) is 0 Å². The molecule has 0 spiro atoms. The lowest BCUT2D eigenvalue weighted by Gasteiger charge is -2.11. The Morgan fingerprint density at radius 3 is 2.60 bits per heavy atom. The second kappa shape index (κ2) is 8.37. The van der Waals surface area contributed by atoms with Gasteiger partial charge in [-0.1, -0.05) is 54.1 Å². The summed E-state index contributed by atoms with van der Waals surface area (Å²) in [6.07, 6.45) is 0.753.